The van der Waals surface area contributed by atoms with Gasteiger partial charge >= 0.3 is 5.97 Å². The van der Waals surface area contributed by atoms with Crippen LogP contribution in [0.3, 0.4) is 0 Å². The molecule has 58 valence electrons. The molecule has 0 amide bonds. The Balaban J connectivity index is 3.57. The predicted octanol–water partition coefficient (Wildman–Crippen LogP) is 2.08. The summed E-state index contributed by atoms with van der Waals surface area (Å²) in [5.41, 5.74) is 1.14. The molecule has 0 radical (unpaired) electrons. The van der Waals surface area contributed by atoms with E-state index in [4.69, 9.17) is 16.3 Å². The van der Waals surface area contributed by atoms with Crippen molar-refractivity contribution in [1.29, 1.82) is 0 Å². The molecule has 0 aliphatic rings. The summed E-state index contributed by atoms with van der Waals surface area (Å²) < 4.78 is 4.83. The number of halogens is 1. The van der Waals surface area contributed by atoms with E-state index in [1.54, 1.807) is 0 Å². The summed E-state index contributed by atoms with van der Waals surface area (Å²) in [6.45, 7) is 3.78. The van der Waals surface area contributed by atoms with Crippen molar-refractivity contribution in [3.05, 3.63) is 11.6 Å². The minimum Gasteiger partial charge on any atom is -0.460 e. The fourth-order valence-electron chi connectivity index (χ4n) is 0.372. The molecule has 3 heteroatoms. The van der Waals surface area contributed by atoms with E-state index in [2.05, 4.69) is 0 Å². The van der Waals surface area contributed by atoms with Crippen LogP contribution < -0.4 is 0 Å². The molecule has 0 bridgehead atoms. The monoisotopic (exact) mass is 162 g/mol. The van der Waals surface area contributed by atoms with E-state index in [1.165, 1.54) is 6.08 Å². The van der Waals surface area contributed by atoms with Crippen LogP contribution in [0, 0.1) is 0 Å². The van der Waals surface area contributed by atoms with E-state index in [-0.39, 0.29) is 12.1 Å². The maximum atomic E-state index is 10.6. The van der Waals surface area contributed by atoms with Crippen LogP contribution in [0.1, 0.15) is 20.3 Å². The number of rotatable bonds is 3. The van der Waals surface area contributed by atoms with Crippen molar-refractivity contribution in [2.24, 2.45) is 0 Å². The number of carbonyl (C=O) groups is 1. The fraction of sp³-hybridized carbons (Fsp3) is 0.571. The molecule has 0 rings (SSSR count). The van der Waals surface area contributed by atoms with Crippen LogP contribution in [-0.4, -0.2) is 12.1 Å². The van der Waals surface area contributed by atoms with Gasteiger partial charge in [0.25, 0.3) is 0 Å². The van der Waals surface area contributed by atoms with Crippen molar-refractivity contribution >= 4 is 17.6 Å². The van der Waals surface area contributed by atoms with Gasteiger partial charge in [0, 0.05) is 11.6 Å². The SMILES string of the molecule is CCC(C)OC(=O)C=CCl. The molecule has 1 unspecified atom stereocenters. The molecule has 0 aliphatic heterocycles. The number of esters is 1. The van der Waals surface area contributed by atoms with Gasteiger partial charge in [-0.05, 0) is 13.3 Å². The van der Waals surface area contributed by atoms with Gasteiger partial charge in [-0.1, -0.05) is 18.5 Å². The maximum absolute atomic E-state index is 10.6. The lowest BCUT2D eigenvalue weighted by Crippen LogP contribution is -2.11. The maximum Gasteiger partial charge on any atom is 0.331 e. The van der Waals surface area contributed by atoms with Crippen molar-refractivity contribution in [2.75, 3.05) is 0 Å². The van der Waals surface area contributed by atoms with Gasteiger partial charge in [-0.2, -0.15) is 0 Å². The van der Waals surface area contributed by atoms with E-state index in [0.717, 1.165) is 12.0 Å². The summed E-state index contributed by atoms with van der Waals surface area (Å²) in [7, 11) is 0. The topological polar surface area (TPSA) is 26.3 Å². The summed E-state index contributed by atoms with van der Waals surface area (Å²) >= 11 is 5.14. The zero-order valence-electron chi connectivity index (χ0n) is 6.13. The summed E-state index contributed by atoms with van der Waals surface area (Å²) in [6.07, 6.45) is 1.98. The van der Waals surface area contributed by atoms with Gasteiger partial charge < -0.3 is 4.74 Å². The van der Waals surface area contributed by atoms with Crippen LogP contribution in [0.4, 0.5) is 0 Å². The molecule has 10 heavy (non-hydrogen) atoms. The van der Waals surface area contributed by atoms with Crippen molar-refractivity contribution in [3.8, 4) is 0 Å². The first-order valence-electron chi connectivity index (χ1n) is 3.18. The highest BCUT2D eigenvalue weighted by atomic mass is 35.5. The van der Waals surface area contributed by atoms with Crippen LogP contribution >= 0.6 is 11.6 Å². The molecule has 0 N–H and O–H groups in total. The molecule has 0 aromatic carbocycles. The second-order valence-corrected chi connectivity index (χ2v) is 2.20. The van der Waals surface area contributed by atoms with E-state index < -0.39 is 0 Å². The van der Waals surface area contributed by atoms with E-state index >= 15 is 0 Å². The van der Waals surface area contributed by atoms with Crippen molar-refractivity contribution in [2.45, 2.75) is 26.4 Å². The number of hydrogen-bond donors (Lipinski definition) is 0. The molecule has 2 nitrogen and oxygen atoms in total. The molecule has 0 saturated carbocycles. The Morgan fingerprint density at radius 1 is 1.80 bits per heavy atom. The van der Waals surface area contributed by atoms with E-state index in [1.807, 2.05) is 13.8 Å². The molecular formula is C7H11ClO2. The smallest absolute Gasteiger partial charge is 0.331 e. The first-order valence-corrected chi connectivity index (χ1v) is 3.61. The van der Waals surface area contributed by atoms with E-state index in [9.17, 15) is 4.79 Å². The van der Waals surface area contributed by atoms with Crippen molar-refractivity contribution in [1.82, 2.24) is 0 Å². The third-order valence-electron chi connectivity index (χ3n) is 1.09. The molecule has 0 heterocycles. The normalized spacial score (nSPS) is 13.5. The summed E-state index contributed by atoms with van der Waals surface area (Å²) in [5, 5.41) is 0. The number of hydrogen-bond acceptors (Lipinski definition) is 2. The Kier molecular flexibility index (Phi) is 5.03. The summed E-state index contributed by atoms with van der Waals surface area (Å²) in [6, 6.07) is 0. The zero-order valence-corrected chi connectivity index (χ0v) is 6.89. The quantitative estimate of drug-likeness (QED) is 0.469. The van der Waals surface area contributed by atoms with Crippen LogP contribution in [-0.2, 0) is 9.53 Å². The highest BCUT2D eigenvalue weighted by molar-refractivity contribution is 6.26. The average Bonchev–Trinajstić information content (AvgIpc) is 1.88. The highest BCUT2D eigenvalue weighted by Crippen LogP contribution is 1.96. The lowest BCUT2D eigenvalue weighted by atomic mass is 10.3. The molecular weight excluding hydrogens is 152 g/mol. The van der Waals surface area contributed by atoms with Crippen molar-refractivity contribution in [3.63, 3.8) is 0 Å². The Hall–Kier alpha value is -0.500. The molecule has 0 aromatic heterocycles. The summed E-state index contributed by atoms with van der Waals surface area (Å²) in [4.78, 5) is 10.6. The Labute approximate surface area is 65.8 Å². The van der Waals surface area contributed by atoms with Gasteiger partial charge in [-0.3, -0.25) is 0 Å². The van der Waals surface area contributed by atoms with Gasteiger partial charge in [0.05, 0.1) is 6.10 Å². The van der Waals surface area contributed by atoms with Crippen LogP contribution in [0.2, 0.25) is 0 Å². The molecule has 0 spiro atoms. The standard InChI is InChI=1S/C7H11ClO2/c1-3-6(2)10-7(9)4-5-8/h4-6H,3H2,1-2H3. The Morgan fingerprint density at radius 2 is 2.40 bits per heavy atom. The third-order valence-corrected chi connectivity index (χ3v) is 1.22. The summed E-state index contributed by atoms with van der Waals surface area (Å²) in [5.74, 6) is -0.385. The van der Waals surface area contributed by atoms with Crippen LogP contribution in [0.25, 0.3) is 0 Å². The molecule has 0 aliphatic carbocycles. The van der Waals surface area contributed by atoms with Gasteiger partial charge in [0.1, 0.15) is 0 Å². The number of carbonyl (C=O) groups excluding carboxylic acids is 1. The first kappa shape index (κ1) is 9.50. The Morgan fingerprint density at radius 3 is 2.80 bits per heavy atom. The second-order valence-electron chi connectivity index (χ2n) is 1.95. The van der Waals surface area contributed by atoms with Crippen LogP contribution in [0.15, 0.2) is 11.6 Å². The molecule has 0 aromatic rings. The second kappa shape index (κ2) is 5.30. The minimum absolute atomic E-state index is 0.0274. The molecule has 1 atom stereocenters. The van der Waals surface area contributed by atoms with Gasteiger partial charge in [0.2, 0.25) is 0 Å². The van der Waals surface area contributed by atoms with Gasteiger partial charge in [-0.15, -0.1) is 0 Å². The largest absolute Gasteiger partial charge is 0.460 e. The average molecular weight is 163 g/mol. The zero-order chi connectivity index (χ0) is 7.98. The minimum atomic E-state index is -0.385. The molecule has 0 fully saturated rings. The van der Waals surface area contributed by atoms with Gasteiger partial charge in [0.15, 0.2) is 0 Å². The number of ether oxygens (including phenoxy) is 1. The lowest BCUT2D eigenvalue weighted by molar-refractivity contribution is -0.142. The highest BCUT2D eigenvalue weighted by Gasteiger charge is 2.01. The first-order chi connectivity index (χ1) is 4.70. The van der Waals surface area contributed by atoms with Crippen LogP contribution in [0.5, 0.6) is 0 Å². The fourth-order valence-corrected chi connectivity index (χ4v) is 0.475. The Bertz CT molecular complexity index is 132. The van der Waals surface area contributed by atoms with Gasteiger partial charge in [-0.25, -0.2) is 4.79 Å². The lowest BCUT2D eigenvalue weighted by Gasteiger charge is -2.07. The van der Waals surface area contributed by atoms with E-state index in [0.29, 0.717) is 0 Å². The predicted molar refractivity (Wildman–Crippen MR) is 40.8 cm³/mol. The third kappa shape index (κ3) is 4.39. The van der Waals surface area contributed by atoms with Crippen molar-refractivity contribution < 1.29 is 9.53 Å². The molecule has 0 saturated heterocycles.